The summed E-state index contributed by atoms with van der Waals surface area (Å²) in [4.78, 5) is 23.6. The van der Waals surface area contributed by atoms with Gasteiger partial charge in [-0.05, 0) is 19.2 Å². The molecular formula is C12H17N5O5S. The van der Waals surface area contributed by atoms with Crippen molar-refractivity contribution >= 4 is 21.7 Å². The van der Waals surface area contributed by atoms with Crippen LogP contribution in [0.5, 0.6) is 0 Å². The summed E-state index contributed by atoms with van der Waals surface area (Å²) >= 11 is 0. The number of rotatable bonds is 4. The Morgan fingerprint density at radius 3 is 2.26 bits per heavy atom. The minimum absolute atomic E-state index is 0.225. The van der Waals surface area contributed by atoms with E-state index in [9.17, 15) is 23.3 Å². The molecule has 2 N–H and O–H groups in total. The zero-order valence-corrected chi connectivity index (χ0v) is 13.2. The minimum Gasteiger partial charge on any atom is -0.304 e. The molecule has 1 saturated heterocycles. The average molecular weight is 343 g/mol. The SMILES string of the molecule is CN1CCN(NC(=O)NS(=O)(=O)c2ccc([N+](=O)[O-])cc2)CC1. The molecule has 11 heteroatoms. The summed E-state index contributed by atoms with van der Waals surface area (Å²) < 4.78 is 26.0. The lowest BCUT2D eigenvalue weighted by molar-refractivity contribution is -0.384. The van der Waals surface area contributed by atoms with Gasteiger partial charge in [-0.25, -0.2) is 22.9 Å². The van der Waals surface area contributed by atoms with Crippen LogP contribution in [0.25, 0.3) is 0 Å². The van der Waals surface area contributed by atoms with Gasteiger partial charge in [0.1, 0.15) is 0 Å². The molecule has 2 rings (SSSR count). The molecule has 2 amide bonds. The van der Waals surface area contributed by atoms with Gasteiger partial charge in [-0.3, -0.25) is 15.5 Å². The summed E-state index contributed by atoms with van der Waals surface area (Å²) in [6.45, 7) is 2.69. The molecule has 0 saturated carbocycles. The van der Waals surface area contributed by atoms with Gasteiger partial charge in [0.25, 0.3) is 15.7 Å². The Bertz CT molecular complexity index is 682. The van der Waals surface area contributed by atoms with E-state index in [1.165, 1.54) is 0 Å². The summed E-state index contributed by atoms with van der Waals surface area (Å²) in [6.07, 6.45) is 0. The molecule has 1 fully saturated rings. The number of piperazine rings is 1. The number of amides is 2. The molecule has 0 radical (unpaired) electrons. The Morgan fingerprint density at radius 2 is 1.74 bits per heavy atom. The zero-order chi connectivity index (χ0) is 17.0. The number of urea groups is 1. The number of hydrogen-bond acceptors (Lipinski definition) is 7. The van der Waals surface area contributed by atoms with Crippen molar-refractivity contribution in [3.05, 3.63) is 34.4 Å². The van der Waals surface area contributed by atoms with Crippen LogP contribution in [0.2, 0.25) is 0 Å². The van der Waals surface area contributed by atoms with Crippen molar-refractivity contribution in [2.75, 3.05) is 33.2 Å². The maximum atomic E-state index is 12.0. The van der Waals surface area contributed by atoms with Crippen LogP contribution in [0.15, 0.2) is 29.2 Å². The van der Waals surface area contributed by atoms with Gasteiger partial charge in [0.05, 0.1) is 9.82 Å². The molecule has 10 nitrogen and oxygen atoms in total. The Kier molecular flexibility index (Phi) is 5.13. The number of carbonyl (C=O) groups excluding carboxylic acids is 1. The smallest absolute Gasteiger partial charge is 0.304 e. The van der Waals surface area contributed by atoms with Gasteiger partial charge < -0.3 is 4.90 Å². The monoisotopic (exact) mass is 343 g/mol. The third kappa shape index (κ3) is 4.61. The standard InChI is InChI=1S/C12H17N5O5S/c1-15-6-8-16(9-7-15)13-12(18)14-23(21,22)11-4-2-10(3-5-11)17(19)20/h2-5H,6-9H2,1H3,(H2,13,14,18). The second-order valence-electron chi connectivity index (χ2n) is 5.09. The molecule has 1 heterocycles. The fraction of sp³-hybridized carbons (Fsp3) is 0.417. The van der Waals surface area contributed by atoms with E-state index in [2.05, 4.69) is 10.3 Å². The van der Waals surface area contributed by atoms with Crippen LogP contribution in [0, 0.1) is 10.1 Å². The van der Waals surface area contributed by atoms with E-state index in [1.807, 2.05) is 11.8 Å². The molecule has 0 atom stereocenters. The van der Waals surface area contributed by atoms with Gasteiger partial charge in [-0.2, -0.15) is 0 Å². The van der Waals surface area contributed by atoms with Crippen molar-refractivity contribution < 1.29 is 18.1 Å². The molecular weight excluding hydrogens is 326 g/mol. The maximum absolute atomic E-state index is 12.0. The number of carbonyl (C=O) groups is 1. The largest absolute Gasteiger partial charge is 0.343 e. The first-order chi connectivity index (χ1) is 10.8. The van der Waals surface area contributed by atoms with E-state index in [-0.39, 0.29) is 10.6 Å². The third-order valence-electron chi connectivity index (χ3n) is 3.35. The zero-order valence-electron chi connectivity index (χ0n) is 12.4. The summed E-state index contributed by atoms with van der Waals surface area (Å²) in [5, 5.41) is 12.2. The van der Waals surface area contributed by atoms with Gasteiger partial charge in [-0.1, -0.05) is 0 Å². The van der Waals surface area contributed by atoms with Gasteiger partial charge in [-0.15, -0.1) is 0 Å². The number of hydrazine groups is 1. The van der Waals surface area contributed by atoms with E-state index in [0.717, 1.165) is 37.4 Å². The second kappa shape index (κ2) is 6.89. The normalized spacial score (nSPS) is 16.7. The fourth-order valence-corrected chi connectivity index (χ4v) is 2.91. The molecule has 0 aliphatic carbocycles. The van der Waals surface area contributed by atoms with Crippen molar-refractivity contribution in [2.24, 2.45) is 0 Å². The number of likely N-dealkylation sites (N-methyl/N-ethyl adjacent to an activating group) is 1. The van der Waals surface area contributed by atoms with Crippen LogP contribution in [-0.2, 0) is 10.0 Å². The molecule has 1 aliphatic heterocycles. The highest BCUT2D eigenvalue weighted by Gasteiger charge is 2.21. The van der Waals surface area contributed by atoms with Crippen LogP contribution in [0.1, 0.15) is 0 Å². The third-order valence-corrected chi connectivity index (χ3v) is 4.69. The molecule has 1 aliphatic rings. The number of hydrogen-bond donors (Lipinski definition) is 2. The molecule has 0 bridgehead atoms. The number of nitro groups is 1. The number of sulfonamides is 1. The molecule has 0 spiro atoms. The highest BCUT2D eigenvalue weighted by atomic mass is 32.2. The minimum atomic E-state index is -4.09. The number of benzene rings is 1. The van der Waals surface area contributed by atoms with Crippen molar-refractivity contribution in [2.45, 2.75) is 4.90 Å². The highest BCUT2D eigenvalue weighted by molar-refractivity contribution is 7.90. The highest BCUT2D eigenvalue weighted by Crippen LogP contribution is 2.15. The van der Waals surface area contributed by atoms with Crippen molar-refractivity contribution in [3.8, 4) is 0 Å². The average Bonchev–Trinajstić information content (AvgIpc) is 2.49. The molecule has 1 aromatic carbocycles. The Labute approximate surface area is 133 Å². The first-order valence-corrected chi connectivity index (χ1v) is 8.27. The molecule has 23 heavy (non-hydrogen) atoms. The second-order valence-corrected chi connectivity index (χ2v) is 6.77. The topological polar surface area (TPSA) is 125 Å². The van der Waals surface area contributed by atoms with Crippen LogP contribution < -0.4 is 10.1 Å². The van der Waals surface area contributed by atoms with Gasteiger partial charge in [0.15, 0.2) is 0 Å². The fourth-order valence-electron chi connectivity index (χ4n) is 2.01. The summed E-state index contributed by atoms with van der Waals surface area (Å²) in [5.74, 6) is 0. The predicted molar refractivity (Wildman–Crippen MR) is 81.0 cm³/mol. The number of nitrogens with one attached hydrogen (secondary N) is 2. The van der Waals surface area contributed by atoms with E-state index < -0.39 is 21.0 Å². The molecule has 1 aromatic rings. The van der Waals surface area contributed by atoms with E-state index in [1.54, 1.807) is 5.01 Å². The molecule has 0 unspecified atom stereocenters. The Hall–Kier alpha value is -2.24. The molecule has 126 valence electrons. The summed E-state index contributed by atoms with van der Waals surface area (Å²) in [6, 6.07) is 3.40. The maximum Gasteiger partial charge on any atom is 0.343 e. The van der Waals surface area contributed by atoms with Crippen LogP contribution in [0.3, 0.4) is 0 Å². The first kappa shape index (κ1) is 17.1. The molecule has 0 aromatic heterocycles. The van der Waals surface area contributed by atoms with Gasteiger partial charge >= 0.3 is 6.03 Å². The lowest BCUT2D eigenvalue weighted by Crippen LogP contribution is -2.55. The quantitative estimate of drug-likeness (QED) is 0.570. The van der Waals surface area contributed by atoms with Crippen molar-refractivity contribution in [1.29, 1.82) is 0 Å². The lowest BCUT2D eigenvalue weighted by Gasteiger charge is -2.32. The lowest BCUT2D eigenvalue weighted by atomic mass is 10.3. The van der Waals surface area contributed by atoms with Gasteiger partial charge in [0, 0.05) is 38.3 Å². The predicted octanol–water partition coefficient (Wildman–Crippen LogP) is -0.255. The number of non-ortho nitro benzene ring substituents is 1. The Balaban J connectivity index is 1.97. The number of nitro benzene ring substituents is 1. The van der Waals surface area contributed by atoms with Crippen LogP contribution in [-0.4, -0.2) is 62.5 Å². The van der Waals surface area contributed by atoms with Crippen LogP contribution >= 0.6 is 0 Å². The summed E-state index contributed by atoms with van der Waals surface area (Å²) in [5.41, 5.74) is 2.23. The number of nitrogens with zero attached hydrogens (tertiary/aromatic N) is 3. The summed E-state index contributed by atoms with van der Waals surface area (Å²) in [7, 11) is -2.13. The van der Waals surface area contributed by atoms with Crippen molar-refractivity contribution in [3.63, 3.8) is 0 Å². The van der Waals surface area contributed by atoms with Gasteiger partial charge in [0.2, 0.25) is 0 Å². The van der Waals surface area contributed by atoms with Crippen LogP contribution in [0.4, 0.5) is 10.5 Å². The van der Waals surface area contributed by atoms with Crippen molar-refractivity contribution in [1.82, 2.24) is 20.1 Å². The van der Waals surface area contributed by atoms with E-state index in [4.69, 9.17) is 0 Å². The first-order valence-electron chi connectivity index (χ1n) is 6.79. The Morgan fingerprint density at radius 1 is 1.17 bits per heavy atom. The van der Waals surface area contributed by atoms with E-state index >= 15 is 0 Å². The van der Waals surface area contributed by atoms with E-state index in [0.29, 0.717) is 13.1 Å².